The molecule has 4 aliphatic rings. The lowest BCUT2D eigenvalue weighted by molar-refractivity contribution is -0.229. The largest absolute Gasteiger partial charge is 0.397 e. The highest BCUT2D eigenvalue weighted by Crippen LogP contribution is 2.43. The number of fused-ring (bicyclic) bond motifs is 2. The normalized spacial score (nSPS) is 32.2. The number of aliphatic hydroxyl groups excluding tert-OH is 3. The van der Waals surface area contributed by atoms with E-state index < -0.39 is 51.4 Å². The maximum absolute atomic E-state index is 12.2. The molecule has 0 radical (unpaired) electrons. The molecule has 0 aromatic heterocycles. The third-order valence-electron chi connectivity index (χ3n) is 7.67. The zero-order valence-corrected chi connectivity index (χ0v) is 32.2. The first-order valence-corrected chi connectivity index (χ1v) is 20.0. The average Bonchev–Trinajstić information content (AvgIpc) is 3.73. The molecule has 1 aromatic rings. The second-order valence-corrected chi connectivity index (χ2v) is 16.0. The monoisotopic (exact) mass is 740 g/mol. The van der Waals surface area contributed by atoms with Crippen molar-refractivity contribution < 1.29 is 67.1 Å². The highest BCUT2D eigenvalue weighted by molar-refractivity contribution is 7.44. The van der Waals surface area contributed by atoms with Gasteiger partial charge in [-0.25, -0.2) is 0 Å². The third kappa shape index (κ3) is 13.5. The van der Waals surface area contributed by atoms with Gasteiger partial charge < -0.3 is 58.0 Å². The van der Waals surface area contributed by atoms with Crippen molar-refractivity contribution in [2.24, 2.45) is 0 Å². The molecule has 49 heavy (non-hydrogen) atoms. The van der Waals surface area contributed by atoms with Crippen LogP contribution in [0.25, 0.3) is 0 Å². The summed E-state index contributed by atoms with van der Waals surface area (Å²) >= 11 is 0. The molecule has 4 fully saturated rings. The van der Waals surface area contributed by atoms with E-state index in [9.17, 15) is 14.2 Å². The Hall–Kier alpha value is -1.06. The zero-order valence-electron chi connectivity index (χ0n) is 30.4. The van der Waals surface area contributed by atoms with Gasteiger partial charge in [-0.05, 0) is 47.1 Å². The lowest BCUT2D eigenvalue weighted by atomic mass is 10.1. The number of benzene rings is 1. The van der Waals surface area contributed by atoms with Gasteiger partial charge in [0.25, 0.3) is 11.7 Å². The summed E-state index contributed by atoms with van der Waals surface area (Å²) in [6.45, 7) is 14.9. The van der Waals surface area contributed by atoms with E-state index in [1.165, 1.54) is 13.8 Å². The maximum atomic E-state index is 12.2. The topological polar surface area (TPSA) is 178 Å². The molecule has 282 valence electrons. The van der Waals surface area contributed by atoms with Crippen molar-refractivity contribution in [3.8, 4) is 0 Å². The van der Waals surface area contributed by atoms with Gasteiger partial charge in [-0.1, -0.05) is 39.5 Å². The van der Waals surface area contributed by atoms with Crippen molar-refractivity contribution in [1.29, 1.82) is 0 Å². The van der Waals surface area contributed by atoms with Crippen molar-refractivity contribution in [1.82, 2.24) is 0 Å². The van der Waals surface area contributed by atoms with E-state index in [-0.39, 0.29) is 56.3 Å². The Morgan fingerprint density at radius 1 is 0.735 bits per heavy atom. The summed E-state index contributed by atoms with van der Waals surface area (Å²) < 4.78 is 74.9. The molecule has 3 N–H and O–H groups in total. The van der Waals surface area contributed by atoms with E-state index in [4.69, 9.17) is 52.8 Å². The molecule has 4 aliphatic heterocycles. The van der Waals surface area contributed by atoms with Crippen LogP contribution in [-0.2, 0) is 58.4 Å². The van der Waals surface area contributed by atoms with E-state index in [1.54, 1.807) is 27.6 Å². The summed E-state index contributed by atoms with van der Waals surface area (Å²) in [4.78, 5) is 0. The Morgan fingerprint density at radius 3 is 1.53 bits per heavy atom. The molecule has 4 heterocycles. The lowest BCUT2D eigenvalue weighted by Crippen LogP contribution is -2.32. The number of rotatable bonds is 11. The fourth-order valence-electron chi connectivity index (χ4n) is 5.69. The summed E-state index contributed by atoms with van der Waals surface area (Å²) in [5.74, 6) is -2.67. The summed E-state index contributed by atoms with van der Waals surface area (Å²) in [5.41, 5.74) is 1.05. The smallest absolute Gasteiger partial charge is 0.367 e. The van der Waals surface area contributed by atoms with Crippen molar-refractivity contribution in [2.45, 2.75) is 133 Å². The quantitative estimate of drug-likeness (QED) is 0.274. The zero-order chi connectivity index (χ0) is 36.9. The molecular formula is C33H58O14P2+2. The number of hydrogen-bond donors (Lipinski definition) is 3. The molecule has 1 aromatic carbocycles. The number of ether oxygens (including phenoxy) is 9. The summed E-state index contributed by atoms with van der Waals surface area (Å²) in [7, 11) is -0.0528. The van der Waals surface area contributed by atoms with Gasteiger partial charge in [0.2, 0.25) is 0 Å². The van der Waals surface area contributed by atoms with Crippen molar-refractivity contribution in [3.63, 3.8) is 0 Å². The van der Waals surface area contributed by atoms with Crippen LogP contribution in [0.2, 0.25) is 0 Å². The van der Waals surface area contributed by atoms with Gasteiger partial charge in [0.05, 0.1) is 18.8 Å². The van der Waals surface area contributed by atoms with Gasteiger partial charge in [0.1, 0.15) is 37.7 Å². The van der Waals surface area contributed by atoms with Crippen molar-refractivity contribution in [2.75, 3.05) is 40.8 Å². The van der Waals surface area contributed by atoms with Crippen LogP contribution in [0, 0.1) is 0 Å². The predicted octanol–water partition coefficient (Wildman–Crippen LogP) is 4.31. The van der Waals surface area contributed by atoms with Crippen LogP contribution in [0.15, 0.2) is 30.3 Å². The van der Waals surface area contributed by atoms with Crippen molar-refractivity contribution >= 4 is 15.6 Å². The fraction of sp³-hybridized carbons (Fsp3) is 0.818. The van der Waals surface area contributed by atoms with Crippen LogP contribution in [0.3, 0.4) is 0 Å². The molecule has 5 rings (SSSR count). The van der Waals surface area contributed by atoms with Gasteiger partial charge >= 0.3 is 15.6 Å². The van der Waals surface area contributed by atoms with Gasteiger partial charge in [-0.2, -0.15) is 0 Å². The second-order valence-electron chi connectivity index (χ2n) is 12.6. The highest BCUT2D eigenvalue weighted by Gasteiger charge is 2.57. The minimum Gasteiger partial charge on any atom is -0.397 e. The summed E-state index contributed by atoms with van der Waals surface area (Å²) in [6, 6.07) is 9.84. The molecule has 4 saturated heterocycles. The molecule has 4 unspecified atom stereocenters. The SMILES string of the molecule is CCO.CCO.CO[C@@H]1O[C@H](CC(O)[P+](C)=O)[C@H]2OC(C)(C)O[C@@H]12.CO[C@@H]1O[C@H](CC(OCc2ccccc2)[P+](C)=O)[C@H]2OC(C)(C)O[C@@H]12. The molecule has 0 bridgehead atoms. The van der Waals surface area contributed by atoms with Crippen LogP contribution < -0.4 is 0 Å². The van der Waals surface area contributed by atoms with Gasteiger partial charge in [-0.3, -0.25) is 0 Å². The first-order chi connectivity index (χ1) is 23.1. The van der Waals surface area contributed by atoms with Crippen LogP contribution in [0.1, 0.15) is 59.9 Å². The fourth-order valence-corrected chi connectivity index (χ4v) is 6.98. The first-order valence-electron chi connectivity index (χ1n) is 16.5. The Bertz CT molecular complexity index is 1120. The number of methoxy groups -OCH3 is 2. The summed E-state index contributed by atoms with van der Waals surface area (Å²) in [5, 5.41) is 24.8. The Kier molecular flexibility index (Phi) is 18.8. The van der Waals surface area contributed by atoms with E-state index in [1.807, 2.05) is 58.0 Å². The van der Waals surface area contributed by atoms with Crippen LogP contribution in [-0.4, -0.2) is 129 Å². The molecule has 0 aliphatic carbocycles. The van der Waals surface area contributed by atoms with Crippen molar-refractivity contribution in [3.05, 3.63) is 35.9 Å². The molecule has 12 atom stereocenters. The summed E-state index contributed by atoms with van der Waals surface area (Å²) in [6.07, 6.45) is -2.05. The first kappa shape index (κ1) is 44.1. The molecular weight excluding hydrogens is 682 g/mol. The van der Waals surface area contributed by atoms with Crippen LogP contribution in [0.5, 0.6) is 0 Å². The molecule has 14 nitrogen and oxygen atoms in total. The van der Waals surface area contributed by atoms with Gasteiger partial charge in [0, 0.05) is 40.3 Å². The predicted molar refractivity (Wildman–Crippen MR) is 182 cm³/mol. The van der Waals surface area contributed by atoms with Crippen LogP contribution >= 0.6 is 15.6 Å². The maximum Gasteiger partial charge on any atom is 0.367 e. The van der Waals surface area contributed by atoms with E-state index in [2.05, 4.69) is 0 Å². The highest BCUT2D eigenvalue weighted by atomic mass is 31.1. The van der Waals surface area contributed by atoms with Crippen LogP contribution in [0.4, 0.5) is 0 Å². The van der Waals surface area contributed by atoms with Gasteiger partial charge in [0.15, 0.2) is 24.2 Å². The number of aliphatic hydroxyl groups is 3. The van der Waals surface area contributed by atoms with Gasteiger partial charge in [-0.15, -0.1) is 0 Å². The number of hydrogen-bond acceptors (Lipinski definition) is 14. The average molecular weight is 741 g/mol. The minimum atomic E-state index is -1.65. The Balaban J connectivity index is 0.000000304. The standard InChI is InChI=1S/C18H26O6P.C11H20O6P.2C2H6O/c1-18(2)23-15-13(22-17(20-3)16(15)24-18)10-14(25(4)19)21-11-12-8-6-5-7-9-12;1-11(2)16-8-6(5-7(12)18(4)13)15-10(14-3)9(8)17-11;2*1-2-3/h5-9,13-17H,10-11H2,1-4H3;6-10,12H,5H2,1-4H3;2*3H,2H2,1H3/q2*+1;;/t13-,14?,15-,16-,17-;6-,7?,8-,9-,10-;;/m11../s1. The molecule has 16 heteroatoms. The van der Waals surface area contributed by atoms with E-state index >= 15 is 0 Å². The van der Waals surface area contributed by atoms with E-state index in [0.717, 1.165) is 5.56 Å². The Labute approximate surface area is 292 Å². The lowest BCUT2D eigenvalue weighted by Gasteiger charge is -2.24. The Morgan fingerprint density at radius 2 is 1.14 bits per heavy atom. The minimum absolute atomic E-state index is 0.250. The molecule has 0 saturated carbocycles. The third-order valence-corrected chi connectivity index (χ3v) is 9.89. The second kappa shape index (κ2) is 20.8. The van der Waals surface area contributed by atoms with E-state index in [0.29, 0.717) is 13.0 Å². The molecule has 0 amide bonds. The molecule has 0 spiro atoms.